The number of carbonyl (C=O) groups excluding carboxylic acids is 1. The standard InChI is InChI=1S/C18H16FN3O3S/c1-11(25-15-9-5-13(19)6-10-15)16(23)20-18-22-21-17(26-18)12-3-7-14(24-2)8-4-12/h3-11H,1-2H3,(H,20,22,23). The summed E-state index contributed by atoms with van der Waals surface area (Å²) in [5.74, 6) is 0.421. The molecular formula is C18H16FN3O3S. The summed E-state index contributed by atoms with van der Waals surface area (Å²) >= 11 is 1.25. The molecular weight excluding hydrogens is 357 g/mol. The number of benzene rings is 2. The third-order valence-corrected chi connectivity index (χ3v) is 4.38. The van der Waals surface area contributed by atoms with Gasteiger partial charge < -0.3 is 9.47 Å². The lowest BCUT2D eigenvalue weighted by atomic mass is 10.2. The first-order valence-corrected chi connectivity index (χ1v) is 8.58. The number of nitrogens with one attached hydrogen (secondary N) is 1. The van der Waals surface area contributed by atoms with E-state index in [-0.39, 0.29) is 11.7 Å². The summed E-state index contributed by atoms with van der Waals surface area (Å²) in [5.41, 5.74) is 0.874. The van der Waals surface area contributed by atoms with Gasteiger partial charge in [-0.15, -0.1) is 10.2 Å². The zero-order chi connectivity index (χ0) is 18.5. The Kier molecular flexibility index (Phi) is 5.43. The Morgan fingerprint density at radius 2 is 1.73 bits per heavy atom. The van der Waals surface area contributed by atoms with Crippen molar-refractivity contribution in [2.75, 3.05) is 12.4 Å². The lowest BCUT2D eigenvalue weighted by molar-refractivity contribution is -0.122. The largest absolute Gasteiger partial charge is 0.497 e. The van der Waals surface area contributed by atoms with Gasteiger partial charge in [-0.3, -0.25) is 10.1 Å². The highest BCUT2D eigenvalue weighted by Gasteiger charge is 2.17. The predicted octanol–water partition coefficient (Wildman–Crippen LogP) is 3.76. The van der Waals surface area contributed by atoms with Crippen LogP contribution in [0.3, 0.4) is 0 Å². The second-order valence-electron chi connectivity index (χ2n) is 5.34. The van der Waals surface area contributed by atoms with Gasteiger partial charge in [0.1, 0.15) is 22.3 Å². The molecule has 0 aliphatic carbocycles. The Labute approximate surface area is 153 Å². The summed E-state index contributed by atoms with van der Waals surface area (Å²) in [5, 5.41) is 11.8. The number of hydrogen-bond donors (Lipinski definition) is 1. The van der Waals surface area contributed by atoms with Gasteiger partial charge in [-0.05, 0) is 55.5 Å². The van der Waals surface area contributed by atoms with E-state index in [9.17, 15) is 9.18 Å². The van der Waals surface area contributed by atoms with E-state index in [1.54, 1.807) is 14.0 Å². The number of amides is 1. The third-order valence-electron chi connectivity index (χ3n) is 3.49. The summed E-state index contributed by atoms with van der Waals surface area (Å²) in [6.45, 7) is 1.60. The molecule has 3 rings (SSSR count). The number of rotatable bonds is 6. The molecule has 1 unspecified atom stereocenters. The van der Waals surface area contributed by atoms with Gasteiger partial charge in [0.25, 0.3) is 5.91 Å². The first-order valence-electron chi connectivity index (χ1n) is 7.76. The van der Waals surface area contributed by atoms with Gasteiger partial charge in [-0.25, -0.2) is 4.39 Å². The van der Waals surface area contributed by atoms with Crippen LogP contribution in [-0.2, 0) is 4.79 Å². The molecule has 1 atom stereocenters. The lowest BCUT2D eigenvalue weighted by Crippen LogP contribution is -2.30. The van der Waals surface area contributed by atoms with Crippen molar-refractivity contribution in [2.45, 2.75) is 13.0 Å². The molecule has 2 aromatic carbocycles. The Morgan fingerprint density at radius 3 is 2.38 bits per heavy atom. The van der Waals surface area contributed by atoms with E-state index in [1.807, 2.05) is 24.3 Å². The van der Waals surface area contributed by atoms with E-state index in [0.717, 1.165) is 11.3 Å². The monoisotopic (exact) mass is 373 g/mol. The first-order chi connectivity index (χ1) is 12.5. The second-order valence-corrected chi connectivity index (χ2v) is 6.32. The van der Waals surface area contributed by atoms with Crippen molar-refractivity contribution in [3.8, 4) is 22.1 Å². The van der Waals surface area contributed by atoms with Gasteiger partial charge in [0, 0.05) is 5.56 Å². The van der Waals surface area contributed by atoms with Crippen LogP contribution in [0.4, 0.5) is 9.52 Å². The molecule has 3 aromatic rings. The molecule has 134 valence electrons. The van der Waals surface area contributed by atoms with Crippen LogP contribution in [0.15, 0.2) is 48.5 Å². The number of hydrogen-bond acceptors (Lipinski definition) is 6. The van der Waals surface area contributed by atoms with Crippen LogP contribution in [0.2, 0.25) is 0 Å². The summed E-state index contributed by atoms with van der Waals surface area (Å²) in [4.78, 5) is 12.2. The Bertz CT molecular complexity index is 881. The maximum absolute atomic E-state index is 12.9. The van der Waals surface area contributed by atoms with Gasteiger partial charge in [0.15, 0.2) is 6.10 Å². The fourth-order valence-electron chi connectivity index (χ4n) is 2.10. The molecule has 0 saturated heterocycles. The lowest BCUT2D eigenvalue weighted by Gasteiger charge is -2.13. The highest BCUT2D eigenvalue weighted by atomic mass is 32.1. The van der Waals surface area contributed by atoms with Gasteiger partial charge >= 0.3 is 0 Å². The smallest absolute Gasteiger partial charge is 0.266 e. The quantitative estimate of drug-likeness (QED) is 0.712. The minimum Gasteiger partial charge on any atom is -0.497 e. The van der Waals surface area contributed by atoms with E-state index in [0.29, 0.717) is 15.9 Å². The van der Waals surface area contributed by atoms with Crippen LogP contribution in [0.1, 0.15) is 6.92 Å². The SMILES string of the molecule is COc1ccc(-c2nnc(NC(=O)C(C)Oc3ccc(F)cc3)s2)cc1. The van der Waals surface area contributed by atoms with Crippen molar-refractivity contribution in [1.29, 1.82) is 0 Å². The van der Waals surface area contributed by atoms with Gasteiger partial charge in [-0.1, -0.05) is 11.3 Å². The van der Waals surface area contributed by atoms with Crippen LogP contribution in [0.5, 0.6) is 11.5 Å². The van der Waals surface area contributed by atoms with Crippen LogP contribution < -0.4 is 14.8 Å². The summed E-state index contributed by atoms with van der Waals surface area (Å²) in [6, 6.07) is 12.9. The van der Waals surface area contributed by atoms with Crippen molar-refractivity contribution < 1.29 is 18.7 Å². The molecule has 0 fully saturated rings. The molecule has 0 saturated carbocycles. The number of methoxy groups -OCH3 is 1. The zero-order valence-electron chi connectivity index (χ0n) is 14.1. The molecule has 0 bridgehead atoms. The molecule has 1 heterocycles. The van der Waals surface area contributed by atoms with Gasteiger partial charge in [-0.2, -0.15) is 0 Å². The summed E-state index contributed by atoms with van der Waals surface area (Å²) < 4.78 is 23.5. The fraction of sp³-hybridized carbons (Fsp3) is 0.167. The maximum Gasteiger partial charge on any atom is 0.266 e. The van der Waals surface area contributed by atoms with Crippen LogP contribution >= 0.6 is 11.3 Å². The molecule has 1 aromatic heterocycles. The maximum atomic E-state index is 12.9. The van der Waals surface area contributed by atoms with Crippen molar-refractivity contribution in [3.63, 3.8) is 0 Å². The molecule has 0 aliphatic heterocycles. The molecule has 0 radical (unpaired) electrons. The Balaban J connectivity index is 1.62. The van der Waals surface area contributed by atoms with Crippen molar-refractivity contribution in [2.24, 2.45) is 0 Å². The van der Waals surface area contributed by atoms with Crippen LogP contribution in [0, 0.1) is 5.82 Å². The van der Waals surface area contributed by atoms with E-state index < -0.39 is 6.10 Å². The first kappa shape index (κ1) is 17.8. The molecule has 26 heavy (non-hydrogen) atoms. The van der Waals surface area contributed by atoms with Crippen molar-refractivity contribution in [1.82, 2.24) is 10.2 Å². The second kappa shape index (κ2) is 7.92. The average molecular weight is 373 g/mol. The summed E-state index contributed by atoms with van der Waals surface area (Å²) in [6.07, 6.45) is -0.770. The van der Waals surface area contributed by atoms with Crippen LogP contribution in [0.25, 0.3) is 10.6 Å². The van der Waals surface area contributed by atoms with Gasteiger partial charge in [0.05, 0.1) is 7.11 Å². The fourth-order valence-corrected chi connectivity index (χ4v) is 2.85. The molecule has 0 spiro atoms. The highest BCUT2D eigenvalue weighted by molar-refractivity contribution is 7.18. The van der Waals surface area contributed by atoms with Crippen molar-refractivity contribution in [3.05, 3.63) is 54.3 Å². The topological polar surface area (TPSA) is 73.3 Å². The zero-order valence-corrected chi connectivity index (χ0v) is 14.9. The number of nitrogens with zero attached hydrogens (tertiary/aromatic N) is 2. The van der Waals surface area contributed by atoms with E-state index >= 15 is 0 Å². The Morgan fingerprint density at radius 1 is 1.08 bits per heavy atom. The highest BCUT2D eigenvalue weighted by Crippen LogP contribution is 2.28. The van der Waals surface area contributed by atoms with Gasteiger partial charge in [0.2, 0.25) is 5.13 Å². The molecule has 1 N–H and O–H groups in total. The third kappa shape index (κ3) is 4.34. The van der Waals surface area contributed by atoms with E-state index in [2.05, 4.69) is 15.5 Å². The average Bonchev–Trinajstić information content (AvgIpc) is 3.12. The number of ether oxygens (including phenoxy) is 2. The van der Waals surface area contributed by atoms with Crippen LogP contribution in [-0.4, -0.2) is 29.3 Å². The number of anilines is 1. The van der Waals surface area contributed by atoms with E-state index in [4.69, 9.17) is 9.47 Å². The number of aromatic nitrogens is 2. The molecule has 8 heteroatoms. The summed E-state index contributed by atoms with van der Waals surface area (Å²) in [7, 11) is 1.60. The number of halogens is 1. The molecule has 6 nitrogen and oxygen atoms in total. The Hall–Kier alpha value is -3.00. The molecule has 1 amide bonds. The minimum atomic E-state index is -0.770. The number of carbonyl (C=O) groups is 1. The van der Waals surface area contributed by atoms with E-state index in [1.165, 1.54) is 35.6 Å². The predicted molar refractivity (Wildman–Crippen MR) is 97.0 cm³/mol. The minimum absolute atomic E-state index is 0.366. The van der Waals surface area contributed by atoms with Crippen molar-refractivity contribution >= 4 is 22.4 Å². The molecule has 0 aliphatic rings. The normalized spacial score (nSPS) is 11.7.